The van der Waals surface area contributed by atoms with Gasteiger partial charge in [0, 0.05) is 43.5 Å². The van der Waals surface area contributed by atoms with Crippen LogP contribution in [0.1, 0.15) is 32.3 Å². The lowest BCUT2D eigenvalue weighted by Gasteiger charge is -2.32. The van der Waals surface area contributed by atoms with E-state index in [0.717, 1.165) is 53.9 Å². The minimum atomic E-state index is -0.0819. The Morgan fingerprint density at radius 3 is 2.62 bits per heavy atom. The molecule has 1 aromatic carbocycles. The zero-order valence-electron chi connectivity index (χ0n) is 15.6. The largest absolute Gasteiger partial charge is 0.357 e. The molecule has 0 radical (unpaired) electrons. The minimum Gasteiger partial charge on any atom is -0.357 e. The number of hydrogen-bond donors (Lipinski definition) is 2. The van der Waals surface area contributed by atoms with E-state index >= 15 is 0 Å². The van der Waals surface area contributed by atoms with Crippen molar-refractivity contribution in [1.29, 1.82) is 0 Å². The van der Waals surface area contributed by atoms with Gasteiger partial charge in [0.2, 0.25) is 11.8 Å². The second-order valence-corrected chi connectivity index (χ2v) is 6.87. The number of pyridine rings is 1. The molecule has 0 saturated carbocycles. The van der Waals surface area contributed by atoms with E-state index in [1.54, 1.807) is 0 Å². The predicted octanol–water partition coefficient (Wildman–Crippen LogP) is 2.85. The molecule has 1 aliphatic heterocycles. The van der Waals surface area contributed by atoms with Gasteiger partial charge < -0.3 is 15.5 Å². The van der Waals surface area contributed by atoms with Crippen LogP contribution in [0.15, 0.2) is 24.3 Å². The summed E-state index contributed by atoms with van der Waals surface area (Å²) in [6.07, 6.45) is 1.71. The maximum Gasteiger partial charge on any atom is 0.223 e. The summed E-state index contributed by atoms with van der Waals surface area (Å²) in [7, 11) is 0. The molecule has 0 unspecified atom stereocenters. The molecule has 1 fully saturated rings. The van der Waals surface area contributed by atoms with Crippen LogP contribution in [-0.2, 0) is 9.59 Å². The maximum absolute atomic E-state index is 12.0. The molecule has 26 heavy (non-hydrogen) atoms. The van der Waals surface area contributed by atoms with Crippen molar-refractivity contribution >= 4 is 34.2 Å². The van der Waals surface area contributed by atoms with Crippen molar-refractivity contribution < 1.29 is 9.59 Å². The van der Waals surface area contributed by atoms with Gasteiger partial charge in [-0.1, -0.05) is 0 Å². The molecular weight excluding hydrogens is 328 g/mol. The Bertz CT molecular complexity index is 826. The number of aryl methyl sites for hydroxylation is 1. The molecule has 138 valence electrons. The first-order valence-corrected chi connectivity index (χ1v) is 9.19. The first-order chi connectivity index (χ1) is 12.5. The van der Waals surface area contributed by atoms with E-state index in [1.807, 2.05) is 25.1 Å². The quantitative estimate of drug-likeness (QED) is 0.885. The van der Waals surface area contributed by atoms with Crippen LogP contribution in [0.5, 0.6) is 0 Å². The van der Waals surface area contributed by atoms with E-state index in [4.69, 9.17) is 4.98 Å². The Kier molecular flexibility index (Phi) is 5.40. The van der Waals surface area contributed by atoms with Crippen molar-refractivity contribution in [3.8, 4) is 0 Å². The lowest BCUT2D eigenvalue weighted by atomic mass is 9.95. The van der Waals surface area contributed by atoms with E-state index in [2.05, 4.69) is 28.5 Å². The molecule has 2 N–H and O–H groups in total. The third kappa shape index (κ3) is 3.95. The van der Waals surface area contributed by atoms with Crippen LogP contribution in [0, 0.1) is 12.8 Å². The fraction of sp³-hybridized carbons (Fsp3) is 0.450. The number of amides is 2. The number of aromatic nitrogens is 1. The van der Waals surface area contributed by atoms with Crippen molar-refractivity contribution in [2.45, 2.75) is 33.6 Å². The van der Waals surface area contributed by atoms with Crippen LogP contribution in [-0.4, -0.2) is 36.4 Å². The number of fused-ring (bicyclic) bond motifs is 1. The molecule has 0 bridgehead atoms. The predicted molar refractivity (Wildman–Crippen MR) is 104 cm³/mol. The molecule has 1 aromatic heterocycles. The highest BCUT2D eigenvalue weighted by Gasteiger charge is 2.25. The molecule has 6 nitrogen and oxygen atoms in total. The van der Waals surface area contributed by atoms with Gasteiger partial charge in [-0.15, -0.1) is 0 Å². The Balaban J connectivity index is 1.77. The smallest absolute Gasteiger partial charge is 0.223 e. The van der Waals surface area contributed by atoms with Crippen molar-refractivity contribution in [3.05, 3.63) is 29.8 Å². The molecule has 1 aliphatic rings. The van der Waals surface area contributed by atoms with Gasteiger partial charge in [0.15, 0.2) is 0 Å². The van der Waals surface area contributed by atoms with Crippen LogP contribution in [0.2, 0.25) is 0 Å². The van der Waals surface area contributed by atoms with Gasteiger partial charge in [0.05, 0.1) is 5.52 Å². The summed E-state index contributed by atoms with van der Waals surface area (Å²) in [6.45, 7) is 7.87. The highest BCUT2D eigenvalue weighted by Crippen LogP contribution is 2.28. The summed E-state index contributed by atoms with van der Waals surface area (Å²) >= 11 is 0. The van der Waals surface area contributed by atoms with Crippen LogP contribution in [0.25, 0.3) is 10.9 Å². The third-order valence-electron chi connectivity index (χ3n) is 4.86. The fourth-order valence-corrected chi connectivity index (χ4v) is 3.51. The van der Waals surface area contributed by atoms with E-state index < -0.39 is 0 Å². The number of anilines is 2. The number of carbonyl (C=O) groups excluding carboxylic acids is 2. The monoisotopic (exact) mass is 354 g/mol. The van der Waals surface area contributed by atoms with E-state index in [0.29, 0.717) is 6.54 Å². The van der Waals surface area contributed by atoms with Crippen molar-refractivity contribution in [3.63, 3.8) is 0 Å². The van der Waals surface area contributed by atoms with Crippen LogP contribution in [0.4, 0.5) is 11.5 Å². The second kappa shape index (κ2) is 7.72. The topological polar surface area (TPSA) is 74.3 Å². The summed E-state index contributed by atoms with van der Waals surface area (Å²) in [5, 5.41) is 6.77. The number of hydrogen-bond acceptors (Lipinski definition) is 4. The van der Waals surface area contributed by atoms with E-state index in [9.17, 15) is 9.59 Å². The Labute approximate surface area is 154 Å². The minimum absolute atomic E-state index is 0.0819. The zero-order valence-corrected chi connectivity index (χ0v) is 15.6. The van der Waals surface area contributed by atoms with Crippen LogP contribution < -0.4 is 15.5 Å². The molecule has 0 aliphatic carbocycles. The average Bonchev–Trinajstić information content (AvgIpc) is 2.62. The normalized spacial score (nSPS) is 15.1. The first kappa shape index (κ1) is 18.2. The molecule has 1 saturated heterocycles. The van der Waals surface area contributed by atoms with Crippen LogP contribution in [0.3, 0.4) is 0 Å². The van der Waals surface area contributed by atoms with Gasteiger partial charge in [-0.3, -0.25) is 9.59 Å². The lowest BCUT2D eigenvalue weighted by molar-refractivity contribution is -0.125. The van der Waals surface area contributed by atoms with Gasteiger partial charge in [0.25, 0.3) is 0 Å². The van der Waals surface area contributed by atoms with E-state index in [-0.39, 0.29) is 17.7 Å². The van der Waals surface area contributed by atoms with E-state index in [1.165, 1.54) is 6.92 Å². The average molecular weight is 354 g/mol. The zero-order chi connectivity index (χ0) is 18.7. The standard InChI is InChI=1S/C20H26N4O2/c1-4-21-20(26)15-7-9-24(10-8-15)19-11-13(2)17-12-16(22-14(3)25)5-6-18(17)23-19/h5-6,11-12,15H,4,7-10H2,1-3H3,(H,21,26)(H,22,25). The SMILES string of the molecule is CCNC(=O)C1CCN(c2cc(C)c3cc(NC(C)=O)ccc3n2)CC1. The number of nitrogens with one attached hydrogen (secondary N) is 2. The van der Waals surface area contributed by atoms with Crippen molar-refractivity contribution in [1.82, 2.24) is 10.3 Å². The van der Waals surface area contributed by atoms with Gasteiger partial charge in [0.1, 0.15) is 5.82 Å². The van der Waals surface area contributed by atoms with Gasteiger partial charge in [-0.25, -0.2) is 4.98 Å². The fourth-order valence-electron chi connectivity index (χ4n) is 3.51. The Morgan fingerprint density at radius 1 is 1.23 bits per heavy atom. The molecule has 2 amide bonds. The number of rotatable bonds is 4. The molecule has 2 heterocycles. The lowest BCUT2D eigenvalue weighted by Crippen LogP contribution is -2.40. The number of piperidine rings is 1. The maximum atomic E-state index is 12.0. The summed E-state index contributed by atoms with van der Waals surface area (Å²) in [4.78, 5) is 30.3. The van der Waals surface area contributed by atoms with Gasteiger partial charge >= 0.3 is 0 Å². The molecular formula is C20H26N4O2. The van der Waals surface area contributed by atoms with Crippen LogP contribution >= 0.6 is 0 Å². The molecule has 0 atom stereocenters. The highest BCUT2D eigenvalue weighted by molar-refractivity contribution is 5.93. The van der Waals surface area contributed by atoms with Gasteiger partial charge in [-0.05, 0) is 56.5 Å². The molecule has 6 heteroatoms. The third-order valence-corrected chi connectivity index (χ3v) is 4.86. The van der Waals surface area contributed by atoms with Crippen molar-refractivity contribution in [2.24, 2.45) is 5.92 Å². The summed E-state index contributed by atoms with van der Waals surface area (Å²) in [5.41, 5.74) is 2.83. The molecule has 3 rings (SSSR count). The number of benzene rings is 1. The first-order valence-electron chi connectivity index (χ1n) is 9.19. The highest BCUT2D eigenvalue weighted by atomic mass is 16.2. The number of carbonyl (C=O) groups is 2. The van der Waals surface area contributed by atoms with Gasteiger partial charge in [-0.2, -0.15) is 0 Å². The molecule has 0 spiro atoms. The Hall–Kier alpha value is -2.63. The Morgan fingerprint density at radius 2 is 1.96 bits per heavy atom. The summed E-state index contributed by atoms with van der Waals surface area (Å²) in [6, 6.07) is 7.87. The summed E-state index contributed by atoms with van der Waals surface area (Å²) < 4.78 is 0. The molecule has 2 aromatic rings. The second-order valence-electron chi connectivity index (χ2n) is 6.87. The van der Waals surface area contributed by atoms with Crippen molar-refractivity contribution in [2.75, 3.05) is 29.9 Å². The number of nitrogens with zero attached hydrogens (tertiary/aromatic N) is 2. The summed E-state index contributed by atoms with van der Waals surface area (Å²) in [5.74, 6) is 1.14.